The van der Waals surface area contributed by atoms with Crippen molar-refractivity contribution in [2.45, 2.75) is 9.64 Å². The molecule has 7 heteroatoms. The summed E-state index contributed by atoms with van der Waals surface area (Å²) in [6.45, 7) is 0. The van der Waals surface area contributed by atoms with E-state index in [2.05, 4.69) is 0 Å². The van der Waals surface area contributed by atoms with Crippen molar-refractivity contribution in [1.29, 1.82) is 0 Å². The number of rotatable bonds is 1. The standard InChI is InChI=1S/C2H2Cl3O3P/c3-2(4,5)1(6)9(7)8/h1,6H/p+1. The van der Waals surface area contributed by atoms with E-state index in [1.807, 2.05) is 0 Å². The van der Waals surface area contributed by atoms with Crippen molar-refractivity contribution < 1.29 is 14.6 Å². The molecule has 0 aromatic heterocycles. The molecule has 2 unspecified atom stereocenters. The largest absolute Gasteiger partial charge is 0.542 e. The highest BCUT2D eigenvalue weighted by Gasteiger charge is 2.45. The third-order valence-corrected chi connectivity index (χ3v) is 2.38. The van der Waals surface area contributed by atoms with Gasteiger partial charge in [0.1, 0.15) is 0 Å². The molecule has 3 nitrogen and oxygen atoms in total. The molecule has 0 aliphatic carbocycles. The summed E-state index contributed by atoms with van der Waals surface area (Å²) < 4.78 is 7.91. The predicted molar refractivity (Wildman–Crippen MR) is 36.1 cm³/mol. The Labute approximate surface area is 67.4 Å². The molecule has 9 heavy (non-hydrogen) atoms. The molecule has 0 saturated carbocycles. The van der Waals surface area contributed by atoms with Gasteiger partial charge in [0.15, 0.2) is 0 Å². The Morgan fingerprint density at radius 3 is 1.78 bits per heavy atom. The monoisotopic (exact) mass is 211 g/mol. The first-order valence-electron chi connectivity index (χ1n) is 1.75. The number of aliphatic hydroxyl groups excluding tert-OH is 1. The van der Waals surface area contributed by atoms with E-state index in [0.29, 0.717) is 0 Å². The van der Waals surface area contributed by atoms with Gasteiger partial charge in [-0.25, -0.2) is 0 Å². The van der Waals surface area contributed by atoms with Crippen molar-refractivity contribution in [2.24, 2.45) is 0 Å². The maximum atomic E-state index is 9.99. The first kappa shape index (κ1) is 9.89. The van der Waals surface area contributed by atoms with Crippen LogP contribution in [0.2, 0.25) is 0 Å². The van der Waals surface area contributed by atoms with Crippen LogP contribution in [0, 0.1) is 0 Å². The molecule has 0 aromatic rings. The van der Waals surface area contributed by atoms with E-state index in [1.165, 1.54) is 0 Å². The van der Waals surface area contributed by atoms with E-state index in [4.69, 9.17) is 44.8 Å². The summed E-state index contributed by atoms with van der Waals surface area (Å²) in [5.74, 6) is -1.82. The minimum absolute atomic E-state index is 1.82. The van der Waals surface area contributed by atoms with Gasteiger partial charge >= 0.3 is 13.9 Å². The molecule has 0 saturated heterocycles. The lowest BCUT2D eigenvalue weighted by Crippen LogP contribution is -2.20. The molecule has 0 aromatic carbocycles. The topological polar surface area (TPSA) is 57.5 Å². The number of aliphatic hydroxyl groups is 1. The lowest BCUT2D eigenvalue weighted by molar-refractivity contribution is 0.242. The smallest absolute Gasteiger partial charge is 0.345 e. The highest BCUT2D eigenvalue weighted by atomic mass is 35.6. The first-order chi connectivity index (χ1) is 3.85. The molecule has 2 N–H and O–H groups in total. The van der Waals surface area contributed by atoms with Crippen LogP contribution in [-0.4, -0.2) is 19.6 Å². The molecule has 0 rings (SSSR count). The van der Waals surface area contributed by atoms with Crippen molar-refractivity contribution in [3.63, 3.8) is 0 Å². The summed E-state index contributed by atoms with van der Waals surface area (Å²) >= 11 is 15.0. The molecule has 0 radical (unpaired) electrons. The average molecular weight is 212 g/mol. The minimum atomic E-state index is -2.84. The second-order valence-electron chi connectivity index (χ2n) is 1.22. The minimum Gasteiger partial charge on any atom is -0.345 e. The zero-order valence-electron chi connectivity index (χ0n) is 3.96. The Morgan fingerprint density at radius 1 is 1.44 bits per heavy atom. The second-order valence-corrected chi connectivity index (χ2v) is 4.68. The van der Waals surface area contributed by atoms with E-state index in [-0.39, 0.29) is 0 Å². The van der Waals surface area contributed by atoms with Crippen molar-refractivity contribution in [1.82, 2.24) is 0 Å². The van der Waals surface area contributed by atoms with Crippen LogP contribution in [0.15, 0.2) is 0 Å². The van der Waals surface area contributed by atoms with Crippen LogP contribution in [-0.2, 0) is 4.57 Å². The molecule has 0 aliphatic rings. The fourth-order valence-corrected chi connectivity index (χ4v) is 1.13. The van der Waals surface area contributed by atoms with Crippen molar-refractivity contribution >= 4 is 42.8 Å². The molecule has 0 amide bonds. The van der Waals surface area contributed by atoms with Crippen molar-refractivity contribution in [3.05, 3.63) is 0 Å². The predicted octanol–water partition coefficient (Wildman–Crippen LogP) is 1.41. The van der Waals surface area contributed by atoms with Gasteiger partial charge in [0.25, 0.3) is 3.79 Å². The molecular formula is C2H3Cl3O3P+. The van der Waals surface area contributed by atoms with Crippen LogP contribution in [0.1, 0.15) is 0 Å². The van der Waals surface area contributed by atoms with Gasteiger partial charge in [0.05, 0.1) is 0 Å². The average Bonchev–Trinajstić information content (AvgIpc) is 1.62. The molecule has 0 spiro atoms. The van der Waals surface area contributed by atoms with Gasteiger partial charge in [-0.3, -0.25) is 0 Å². The maximum Gasteiger partial charge on any atom is 0.542 e. The Bertz CT molecular complexity index is 121. The summed E-state index contributed by atoms with van der Waals surface area (Å²) in [5, 5.41) is 8.53. The third kappa shape index (κ3) is 3.56. The zero-order chi connectivity index (χ0) is 7.65. The lowest BCUT2D eigenvalue weighted by Gasteiger charge is -2.05. The Morgan fingerprint density at radius 2 is 1.78 bits per heavy atom. The van der Waals surface area contributed by atoms with E-state index >= 15 is 0 Å². The summed E-state index contributed by atoms with van der Waals surface area (Å²) in [7, 11) is -2.84. The van der Waals surface area contributed by atoms with E-state index in [0.717, 1.165) is 0 Å². The van der Waals surface area contributed by atoms with Crippen LogP contribution in [0.4, 0.5) is 0 Å². The van der Waals surface area contributed by atoms with Crippen molar-refractivity contribution in [3.8, 4) is 0 Å². The third-order valence-electron chi connectivity index (χ3n) is 0.502. The first-order valence-corrected chi connectivity index (χ1v) is 4.17. The molecule has 0 heterocycles. The van der Waals surface area contributed by atoms with Crippen LogP contribution in [0.3, 0.4) is 0 Å². The summed E-state index contributed by atoms with van der Waals surface area (Å²) in [5.41, 5.74) is 0. The summed E-state index contributed by atoms with van der Waals surface area (Å²) in [6, 6.07) is 0. The molecule has 0 bridgehead atoms. The van der Waals surface area contributed by atoms with Crippen LogP contribution < -0.4 is 0 Å². The SMILES string of the molecule is O=[P+](O)C(O)C(Cl)(Cl)Cl. The fraction of sp³-hybridized carbons (Fsp3) is 1.00. The molecular weight excluding hydrogens is 209 g/mol. The van der Waals surface area contributed by atoms with Gasteiger partial charge in [-0.15, -0.1) is 0 Å². The highest BCUT2D eigenvalue weighted by Crippen LogP contribution is 2.40. The molecule has 54 valence electrons. The maximum absolute atomic E-state index is 9.99. The second kappa shape index (κ2) is 3.33. The number of hydrogen-bond donors (Lipinski definition) is 2. The van der Waals surface area contributed by atoms with E-state index in [9.17, 15) is 4.57 Å². The van der Waals surface area contributed by atoms with Gasteiger partial charge in [-0.05, 0) is 4.57 Å². The Balaban J connectivity index is 4.04. The Kier molecular flexibility index (Phi) is 3.66. The van der Waals surface area contributed by atoms with Gasteiger partial charge in [-0.2, -0.15) is 4.89 Å². The van der Waals surface area contributed by atoms with Crippen LogP contribution >= 0.6 is 42.8 Å². The van der Waals surface area contributed by atoms with Gasteiger partial charge in [-0.1, -0.05) is 34.8 Å². The summed E-state index contributed by atoms with van der Waals surface area (Å²) in [6.07, 6.45) is 0. The van der Waals surface area contributed by atoms with E-state index in [1.54, 1.807) is 0 Å². The highest BCUT2D eigenvalue weighted by molar-refractivity contribution is 7.39. The molecule has 0 fully saturated rings. The summed E-state index contributed by atoms with van der Waals surface area (Å²) in [4.78, 5) is 8.16. The van der Waals surface area contributed by atoms with Crippen LogP contribution in [0.25, 0.3) is 0 Å². The number of hydrogen-bond acceptors (Lipinski definition) is 2. The zero-order valence-corrected chi connectivity index (χ0v) is 7.12. The number of halogens is 3. The van der Waals surface area contributed by atoms with Crippen molar-refractivity contribution in [2.75, 3.05) is 0 Å². The van der Waals surface area contributed by atoms with Gasteiger partial charge in [0.2, 0.25) is 0 Å². The van der Waals surface area contributed by atoms with Gasteiger partial charge < -0.3 is 5.11 Å². The normalized spacial score (nSPS) is 17.2. The Hall–Kier alpha value is 0.890. The van der Waals surface area contributed by atoms with E-state index < -0.39 is 17.7 Å². The number of alkyl halides is 3. The quantitative estimate of drug-likeness (QED) is 0.510. The fourth-order valence-electron chi connectivity index (χ4n) is 0.125. The van der Waals surface area contributed by atoms with Gasteiger partial charge in [0, 0.05) is 0 Å². The molecule has 2 atom stereocenters. The van der Waals surface area contributed by atoms with Crippen LogP contribution in [0.5, 0.6) is 0 Å². The lowest BCUT2D eigenvalue weighted by atomic mass is 10.8. The molecule has 0 aliphatic heterocycles.